The summed E-state index contributed by atoms with van der Waals surface area (Å²) in [7, 11) is 0. The van der Waals surface area contributed by atoms with E-state index in [2.05, 4.69) is 5.10 Å². The second-order valence-corrected chi connectivity index (χ2v) is 3.38. The molecule has 0 aliphatic heterocycles. The van der Waals surface area contributed by atoms with E-state index >= 15 is 0 Å². The normalized spacial score (nSPS) is 9.33. The molecular weight excluding hydrogens is 208 g/mol. The number of rotatable bonds is 1. The average Bonchev–Trinajstić information content (AvgIpc) is 2.68. The van der Waals surface area contributed by atoms with Crippen LogP contribution in [-0.2, 0) is 0 Å². The summed E-state index contributed by atoms with van der Waals surface area (Å²) < 4.78 is 1.81. The lowest BCUT2D eigenvalue weighted by molar-refractivity contribution is 0.880. The molecule has 0 saturated heterocycles. The van der Waals surface area contributed by atoms with Crippen molar-refractivity contribution in [3.63, 3.8) is 0 Å². The molecule has 0 aliphatic rings. The van der Waals surface area contributed by atoms with Crippen LogP contribution >= 0.6 is 11.6 Å². The summed E-state index contributed by atoms with van der Waals surface area (Å²) >= 11 is 5.86. The Labute approximate surface area is 95.5 Å². The molecule has 2 nitrogen and oxygen atoms in total. The van der Waals surface area contributed by atoms with Crippen molar-refractivity contribution in [3.05, 3.63) is 47.2 Å². The van der Waals surface area contributed by atoms with Crippen LogP contribution in [-0.4, -0.2) is 9.78 Å². The van der Waals surface area contributed by atoms with E-state index in [-0.39, 0.29) is 0 Å². The molecule has 80 valence electrons. The zero-order valence-corrected chi connectivity index (χ0v) is 9.99. The number of nitrogens with zero attached hydrogens (tertiary/aromatic N) is 2. The van der Waals surface area contributed by atoms with E-state index in [0.29, 0.717) is 0 Å². The fourth-order valence-electron chi connectivity index (χ4n) is 1.17. The Kier molecular flexibility index (Phi) is 4.37. The Morgan fingerprint density at radius 2 is 2.00 bits per heavy atom. The summed E-state index contributed by atoms with van der Waals surface area (Å²) in [5.41, 5.74) is 2.13. The molecule has 0 spiro atoms. The highest BCUT2D eigenvalue weighted by atomic mass is 35.5. The van der Waals surface area contributed by atoms with Crippen LogP contribution in [0.1, 0.15) is 19.4 Å². The first-order chi connectivity index (χ1) is 7.25. The molecule has 0 fully saturated rings. The minimum absolute atomic E-state index is 0.727. The molecule has 0 bridgehead atoms. The molecule has 1 aromatic carbocycles. The molecule has 0 atom stereocenters. The van der Waals surface area contributed by atoms with Gasteiger partial charge in [0.2, 0.25) is 0 Å². The zero-order valence-electron chi connectivity index (χ0n) is 9.24. The Hall–Kier alpha value is -1.28. The van der Waals surface area contributed by atoms with Gasteiger partial charge in [0.05, 0.1) is 11.9 Å². The standard InChI is InChI=1S/C10H9ClN2.C2H6/c1-8-6-12-13(7-8)10-4-2-3-9(11)5-10;1-2/h2-7H,1H3;1-2H3. The van der Waals surface area contributed by atoms with E-state index in [0.717, 1.165) is 16.3 Å². The number of hydrogen-bond donors (Lipinski definition) is 0. The Bertz CT molecular complexity index is 421. The molecule has 2 aromatic rings. The molecule has 0 saturated carbocycles. The molecule has 3 heteroatoms. The molecule has 2 rings (SSSR count). The maximum atomic E-state index is 5.86. The quantitative estimate of drug-likeness (QED) is 0.717. The van der Waals surface area contributed by atoms with Crippen molar-refractivity contribution < 1.29 is 0 Å². The van der Waals surface area contributed by atoms with Gasteiger partial charge in [0.1, 0.15) is 0 Å². The molecule has 0 unspecified atom stereocenters. The van der Waals surface area contributed by atoms with E-state index in [1.54, 1.807) is 4.68 Å². The van der Waals surface area contributed by atoms with Crippen LogP contribution in [0, 0.1) is 6.92 Å². The summed E-state index contributed by atoms with van der Waals surface area (Å²) in [4.78, 5) is 0. The number of hydrogen-bond acceptors (Lipinski definition) is 1. The second-order valence-electron chi connectivity index (χ2n) is 2.94. The van der Waals surface area contributed by atoms with Gasteiger partial charge in [-0.2, -0.15) is 5.10 Å². The zero-order chi connectivity index (χ0) is 11.3. The smallest absolute Gasteiger partial charge is 0.0660 e. The average molecular weight is 223 g/mol. The first-order valence-corrected chi connectivity index (χ1v) is 5.41. The second kappa shape index (κ2) is 5.56. The van der Waals surface area contributed by atoms with E-state index in [1.807, 2.05) is 57.4 Å². The fraction of sp³-hybridized carbons (Fsp3) is 0.250. The van der Waals surface area contributed by atoms with Crippen molar-refractivity contribution in [2.24, 2.45) is 0 Å². The number of aromatic nitrogens is 2. The minimum Gasteiger partial charge on any atom is -0.241 e. The molecule has 1 aromatic heterocycles. The monoisotopic (exact) mass is 222 g/mol. The van der Waals surface area contributed by atoms with Crippen molar-refractivity contribution in [2.45, 2.75) is 20.8 Å². The number of aryl methyl sites for hydroxylation is 1. The Morgan fingerprint density at radius 3 is 2.53 bits per heavy atom. The van der Waals surface area contributed by atoms with E-state index in [1.165, 1.54) is 0 Å². The van der Waals surface area contributed by atoms with Crippen molar-refractivity contribution in [3.8, 4) is 5.69 Å². The van der Waals surface area contributed by atoms with Crippen molar-refractivity contribution in [2.75, 3.05) is 0 Å². The van der Waals surface area contributed by atoms with Crippen LogP contribution in [0.5, 0.6) is 0 Å². The van der Waals surface area contributed by atoms with Gasteiger partial charge in [-0.15, -0.1) is 0 Å². The summed E-state index contributed by atoms with van der Waals surface area (Å²) in [5, 5.41) is 4.91. The number of halogens is 1. The summed E-state index contributed by atoms with van der Waals surface area (Å²) in [6, 6.07) is 7.61. The van der Waals surface area contributed by atoms with Crippen molar-refractivity contribution in [1.29, 1.82) is 0 Å². The summed E-state index contributed by atoms with van der Waals surface area (Å²) in [5.74, 6) is 0. The van der Waals surface area contributed by atoms with E-state index < -0.39 is 0 Å². The molecule has 0 amide bonds. The summed E-state index contributed by atoms with van der Waals surface area (Å²) in [6.07, 6.45) is 3.78. The van der Waals surface area contributed by atoms with Gasteiger partial charge in [-0.25, -0.2) is 4.68 Å². The molecule has 1 heterocycles. The van der Waals surface area contributed by atoms with Crippen LogP contribution in [0.2, 0.25) is 5.02 Å². The van der Waals surface area contributed by atoms with Crippen molar-refractivity contribution in [1.82, 2.24) is 9.78 Å². The summed E-state index contributed by atoms with van der Waals surface area (Å²) in [6.45, 7) is 6.01. The topological polar surface area (TPSA) is 17.8 Å². The number of benzene rings is 1. The van der Waals surface area contributed by atoms with Gasteiger partial charge >= 0.3 is 0 Å². The molecule has 15 heavy (non-hydrogen) atoms. The molecular formula is C12H15ClN2. The lowest BCUT2D eigenvalue weighted by atomic mass is 10.3. The van der Waals surface area contributed by atoms with Gasteiger partial charge in [-0.3, -0.25) is 0 Å². The molecule has 0 radical (unpaired) electrons. The van der Waals surface area contributed by atoms with Gasteiger partial charge in [-0.05, 0) is 30.7 Å². The van der Waals surface area contributed by atoms with Crippen LogP contribution in [0.4, 0.5) is 0 Å². The van der Waals surface area contributed by atoms with Gasteiger partial charge < -0.3 is 0 Å². The maximum Gasteiger partial charge on any atom is 0.0660 e. The van der Waals surface area contributed by atoms with Crippen LogP contribution < -0.4 is 0 Å². The minimum atomic E-state index is 0.727. The highest BCUT2D eigenvalue weighted by molar-refractivity contribution is 6.30. The molecule has 0 N–H and O–H groups in total. The third-order valence-electron chi connectivity index (χ3n) is 1.78. The first-order valence-electron chi connectivity index (χ1n) is 5.03. The Balaban J connectivity index is 0.000000531. The van der Waals surface area contributed by atoms with Gasteiger partial charge in [0, 0.05) is 11.2 Å². The van der Waals surface area contributed by atoms with E-state index in [9.17, 15) is 0 Å². The van der Waals surface area contributed by atoms with Gasteiger partial charge in [0.15, 0.2) is 0 Å². The van der Waals surface area contributed by atoms with Crippen LogP contribution in [0.15, 0.2) is 36.7 Å². The maximum absolute atomic E-state index is 5.86. The van der Waals surface area contributed by atoms with Crippen molar-refractivity contribution >= 4 is 11.6 Å². The van der Waals surface area contributed by atoms with Gasteiger partial charge in [0.25, 0.3) is 0 Å². The first kappa shape index (κ1) is 11.8. The highest BCUT2D eigenvalue weighted by Crippen LogP contribution is 2.14. The predicted molar refractivity (Wildman–Crippen MR) is 64.7 cm³/mol. The highest BCUT2D eigenvalue weighted by Gasteiger charge is 1.97. The van der Waals surface area contributed by atoms with E-state index in [4.69, 9.17) is 11.6 Å². The van der Waals surface area contributed by atoms with Crippen LogP contribution in [0.25, 0.3) is 5.69 Å². The van der Waals surface area contributed by atoms with Gasteiger partial charge in [-0.1, -0.05) is 31.5 Å². The SMILES string of the molecule is CC.Cc1cnn(-c2cccc(Cl)c2)c1. The lowest BCUT2D eigenvalue weighted by Crippen LogP contribution is -1.92. The lowest BCUT2D eigenvalue weighted by Gasteiger charge is -2.00. The third-order valence-corrected chi connectivity index (χ3v) is 2.02. The third kappa shape index (κ3) is 3.10. The largest absolute Gasteiger partial charge is 0.241 e. The van der Waals surface area contributed by atoms with Crippen LogP contribution in [0.3, 0.4) is 0 Å². The predicted octanol–water partition coefficient (Wildman–Crippen LogP) is 3.86. The fourth-order valence-corrected chi connectivity index (χ4v) is 1.36. The molecule has 0 aliphatic carbocycles. The Morgan fingerprint density at radius 1 is 1.27 bits per heavy atom.